The number of alkyl halides is 2. The summed E-state index contributed by atoms with van der Waals surface area (Å²) < 4.78 is 50.8. The van der Waals surface area contributed by atoms with Crippen molar-refractivity contribution in [2.45, 2.75) is 20.5 Å². The minimum Gasteiger partial charge on any atom is -0.435 e. The van der Waals surface area contributed by atoms with Gasteiger partial charge in [-0.15, -0.1) is 0 Å². The highest BCUT2D eigenvalue weighted by Crippen LogP contribution is 2.50. The van der Waals surface area contributed by atoms with Gasteiger partial charge in [0.2, 0.25) is 0 Å². The average Bonchev–Trinajstić information content (AvgIpc) is 2.39. The zero-order chi connectivity index (χ0) is 15.9. The molecular formula is C13H18F2NO4P. The van der Waals surface area contributed by atoms with E-state index in [0.717, 1.165) is 0 Å². The fourth-order valence-corrected chi connectivity index (χ4v) is 2.98. The Morgan fingerprint density at radius 3 is 2.19 bits per heavy atom. The predicted octanol–water partition coefficient (Wildman–Crippen LogP) is 3.81. The second-order valence-corrected chi connectivity index (χ2v) is 5.72. The van der Waals surface area contributed by atoms with E-state index in [4.69, 9.17) is 14.8 Å². The normalized spacial score (nSPS) is 12.7. The van der Waals surface area contributed by atoms with Crippen LogP contribution in [0.5, 0.6) is 5.75 Å². The molecule has 0 saturated heterocycles. The Kier molecular flexibility index (Phi) is 6.81. The summed E-state index contributed by atoms with van der Waals surface area (Å²) in [7, 11) is -3.41. The van der Waals surface area contributed by atoms with Gasteiger partial charge >= 0.3 is 14.2 Å². The largest absolute Gasteiger partial charge is 0.435 e. The third kappa shape index (κ3) is 5.83. The van der Waals surface area contributed by atoms with Gasteiger partial charge in [-0.25, -0.2) is 0 Å². The Labute approximate surface area is 122 Å². The molecular weight excluding hydrogens is 303 g/mol. The summed E-state index contributed by atoms with van der Waals surface area (Å²) in [5.41, 5.74) is 6.50. The van der Waals surface area contributed by atoms with Crippen LogP contribution in [0.3, 0.4) is 0 Å². The molecule has 0 fully saturated rings. The molecule has 5 nitrogen and oxygen atoms in total. The zero-order valence-corrected chi connectivity index (χ0v) is 12.7. The highest BCUT2D eigenvalue weighted by Gasteiger charge is 2.21. The summed E-state index contributed by atoms with van der Waals surface area (Å²) in [5, 5.41) is 0. The highest BCUT2D eigenvalue weighted by molar-refractivity contribution is 7.57. The summed E-state index contributed by atoms with van der Waals surface area (Å²) in [6.45, 7) is 0.905. The Bertz CT molecular complexity index is 509. The van der Waals surface area contributed by atoms with Gasteiger partial charge in [0.05, 0.1) is 19.0 Å². The van der Waals surface area contributed by atoms with Crippen LogP contribution in [0.15, 0.2) is 30.1 Å². The van der Waals surface area contributed by atoms with Gasteiger partial charge < -0.3 is 19.5 Å². The van der Waals surface area contributed by atoms with Gasteiger partial charge in [-0.2, -0.15) is 8.78 Å². The van der Waals surface area contributed by atoms with E-state index >= 15 is 0 Å². The minimum atomic E-state index is -3.41. The maximum atomic E-state index is 12.3. The first-order chi connectivity index (χ1) is 9.90. The number of hydrogen-bond donors (Lipinski definition) is 1. The van der Waals surface area contributed by atoms with Crippen LogP contribution in [-0.4, -0.2) is 19.8 Å². The maximum absolute atomic E-state index is 12.3. The molecule has 0 atom stereocenters. The first-order valence-electron chi connectivity index (χ1n) is 6.32. The maximum Gasteiger partial charge on any atom is 0.387 e. The van der Waals surface area contributed by atoms with Crippen molar-refractivity contribution in [3.63, 3.8) is 0 Å². The van der Waals surface area contributed by atoms with Gasteiger partial charge in [0.1, 0.15) is 5.75 Å². The average molecular weight is 321 g/mol. The number of hydrogen-bond acceptors (Lipinski definition) is 5. The summed E-state index contributed by atoms with van der Waals surface area (Å²) in [4.78, 5) is 0. The molecule has 2 N–H and O–H groups in total. The predicted molar refractivity (Wildman–Crippen MR) is 76.1 cm³/mol. The molecule has 118 valence electrons. The fraction of sp³-hybridized carbons (Fsp3) is 0.385. The van der Waals surface area contributed by atoms with E-state index in [1.807, 2.05) is 0 Å². The molecule has 0 heterocycles. The summed E-state index contributed by atoms with van der Waals surface area (Å²) in [6.07, 6.45) is 0. The third-order valence-electron chi connectivity index (χ3n) is 2.33. The van der Waals surface area contributed by atoms with E-state index in [0.29, 0.717) is 5.56 Å². The van der Waals surface area contributed by atoms with Crippen molar-refractivity contribution in [3.05, 3.63) is 35.6 Å². The van der Waals surface area contributed by atoms with Crippen LogP contribution in [0.2, 0.25) is 0 Å². The molecule has 8 heteroatoms. The van der Waals surface area contributed by atoms with Crippen LogP contribution in [0.1, 0.15) is 19.4 Å². The molecule has 0 unspecified atom stereocenters. The Balaban J connectivity index is 2.92. The van der Waals surface area contributed by atoms with Gasteiger partial charge in [0.15, 0.2) is 0 Å². The number of halogens is 2. The summed E-state index contributed by atoms with van der Waals surface area (Å²) in [6, 6.07) is 5.64. The molecule has 1 aromatic rings. The molecule has 0 bridgehead atoms. The Morgan fingerprint density at radius 2 is 1.76 bits per heavy atom. The van der Waals surface area contributed by atoms with Crippen LogP contribution in [0.25, 0.3) is 5.70 Å². The van der Waals surface area contributed by atoms with Crippen LogP contribution in [-0.2, 0) is 13.6 Å². The van der Waals surface area contributed by atoms with E-state index in [-0.39, 0.29) is 24.7 Å². The summed E-state index contributed by atoms with van der Waals surface area (Å²) in [5.74, 6) is 1.22. The molecule has 1 aromatic carbocycles. The van der Waals surface area contributed by atoms with Crippen molar-refractivity contribution in [3.8, 4) is 5.75 Å². The van der Waals surface area contributed by atoms with Gasteiger partial charge in [-0.1, -0.05) is 0 Å². The van der Waals surface area contributed by atoms with Crippen LogP contribution in [0.4, 0.5) is 8.78 Å². The van der Waals surface area contributed by atoms with Gasteiger partial charge in [-0.05, 0) is 43.7 Å². The number of nitrogens with two attached hydrogens (primary N) is 1. The van der Waals surface area contributed by atoms with Crippen molar-refractivity contribution >= 4 is 13.3 Å². The Morgan fingerprint density at radius 1 is 1.24 bits per heavy atom. The number of rotatable bonds is 8. The number of benzene rings is 1. The molecule has 21 heavy (non-hydrogen) atoms. The smallest absolute Gasteiger partial charge is 0.387 e. The lowest BCUT2D eigenvalue weighted by atomic mass is 10.2. The molecule has 0 spiro atoms. The molecule has 0 saturated carbocycles. The van der Waals surface area contributed by atoms with E-state index in [9.17, 15) is 13.3 Å². The van der Waals surface area contributed by atoms with E-state index in [1.54, 1.807) is 13.8 Å². The van der Waals surface area contributed by atoms with Gasteiger partial charge in [0.25, 0.3) is 0 Å². The summed E-state index contributed by atoms with van der Waals surface area (Å²) >= 11 is 0. The van der Waals surface area contributed by atoms with E-state index < -0.39 is 14.2 Å². The molecule has 0 aliphatic carbocycles. The minimum absolute atomic E-state index is 0.0133. The van der Waals surface area contributed by atoms with Crippen molar-refractivity contribution in [2.24, 2.45) is 5.73 Å². The monoisotopic (exact) mass is 321 g/mol. The van der Waals surface area contributed by atoms with Crippen LogP contribution >= 0.6 is 7.60 Å². The lowest BCUT2D eigenvalue weighted by Gasteiger charge is -2.14. The standard InChI is InChI=1S/C13H18F2NO4P/c1-3-18-21(17,19-4-2)9-12(16)10-5-7-11(8-6-10)20-13(14)15/h5-9,13H,3-4,16H2,1-2H3/b12-9+. The topological polar surface area (TPSA) is 70.8 Å². The van der Waals surface area contributed by atoms with Crippen LogP contribution in [0, 0.1) is 0 Å². The van der Waals surface area contributed by atoms with Gasteiger partial charge in [0, 0.05) is 5.70 Å². The second-order valence-electron chi connectivity index (χ2n) is 3.86. The van der Waals surface area contributed by atoms with E-state index in [1.165, 1.54) is 30.1 Å². The fourth-order valence-electron chi connectivity index (χ4n) is 1.55. The first kappa shape index (κ1) is 17.6. The SMILES string of the molecule is CCOP(=O)(/C=C(/N)c1ccc(OC(F)F)cc1)OCC. The third-order valence-corrected chi connectivity index (χ3v) is 4.16. The van der Waals surface area contributed by atoms with Crippen molar-refractivity contribution in [1.29, 1.82) is 0 Å². The van der Waals surface area contributed by atoms with Crippen molar-refractivity contribution in [2.75, 3.05) is 13.2 Å². The van der Waals surface area contributed by atoms with Crippen molar-refractivity contribution < 1.29 is 27.1 Å². The van der Waals surface area contributed by atoms with Crippen molar-refractivity contribution in [1.82, 2.24) is 0 Å². The number of ether oxygens (including phenoxy) is 1. The van der Waals surface area contributed by atoms with E-state index in [2.05, 4.69) is 4.74 Å². The quantitative estimate of drug-likeness (QED) is 0.737. The second kappa shape index (κ2) is 8.12. The van der Waals surface area contributed by atoms with Crippen LogP contribution < -0.4 is 10.5 Å². The molecule has 1 rings (SSSR count). The Hall–Kier alpha value is -1.43. The van der Waals surface area contributed by atoms with Gasteiger partial charge in [-0.3, -0.25) is 4.57 Å². The molecule has 0 amide bonds. The molecule has 0 aliphatic heterocycles. The lowest BCUT2D eigenvalue weighted by Crippen LogP contribution is -2.03. The molecule has 0 aromatic heterocycles. The lowest BCUT2D eigenvalue weighted by molar-refractivity contribution is -0.0498. The first-order valence-corrected chi connectivity index (χ1v) is 7.93. The highest BCUT2D eigenvalue weighted by atomic mass is 31.2. The zero-order valence-electron chi connectivity index (χ0n) is 11.8. The molecule has 0 aliphatic rings. The molecule has 0 radical (unpaired) electrons.